The summed E-state index contributed by atoms with van der Waals surface area (Å²) in [6, 6.07) is 103. The fourth-order valence-electron chi connectivity index (χ4n) is 21.5. The van der Waals surface area contributed by atoms with Gasteiger partial charge in [-0.3, -0.25) is 0 Å². The van der Waals surface area contributed by atoms with E-state index < -0.39 is 5.41 Å². The Bertz CT molecular complexity index is 5240. The number of para-hydroxylation sites is 6. The van der Waals surface area contributed by atoms with Crippen molar-refractivity contribution in [3.63, 3.8) is 0 Å². The van der Waals surface area contributed by atoms with Gasteiger partial charge in [-0.25, -0.2) is 0 Å². The van der Waals surface area contributed by atoms with E-state index in [4.69, 9.17) is 4.74 Å². The number of hydrogen-bond donors (Lipinski definition) is 0. The first kappa shape index (κ1) is 61.8. The lowest BCUT2D eigenvalue weighted by Gasteiger charge is -2.55. The van der Waals surface area contributed by atoms with Crippen molar-refractivity contribution in [1.29, 1.82) is 0 Å². The Morgan fingerprint density at radius 2 is 0.864 bits per heavy atom. The van der Waals surface area contributed by atoms with Gasteiger partial charge in [0.2, 0.25) is 0 Å². The molecule has 2 unspecified atom stereocenters. The topological polar surface area (TPSA) is 22.2 Å². The molecule has 21 rings (SSSR count). The number of fused-ring (bicyclic) bond motifs is 17. The number of hydrogen-bond acceptors (Lipinski definition) is 6. The molecule has 8 heteroatoms. The van der Waals surface area contributed by atoms with Crippen LogP contribution in [0, 0.1) is 23.7 Å². The van der Waals surface area contributed by atoms with E-state index in [-0.39, 0.29) is 18.8 Å². The Labute approximate surface area is 612 Å². The third-order valence-corrected chi connectivity index (χ3v) is 26.9. The van der Waals surface area contributed by atoms with E-state index in [0.717, 1.165) is 39.9 Å². The van der Waals surface area contributed by atoms with Gasteiger partial charge in [0.25, 0.3) is 13.4 Å². The van der Waals surface area contributed by atoms with Crippen molar-refractivity contribution in [1.82, 2.24) is 0 Å². The minimum atomic E-state index is -0.706. The minimum absolute atomic E-state index is 0.0341. The minimum Gasteiger partial charge on any atom is -0.458 e. The molecule has 5 aliphatic heterocycles. The van der Waals surface area contributed by atoms with E-state index in [9.17, 15) is 0 Å². The average molecular weight is 1350 g/mol. The maximum Gasteiger partial charge on any atom is 0.256 e. The predicted octanol–water partition coefficient (Wildman–Crippen LogP) is 21.4. The quantitative estimate of drug-likeness (QED) is 0.140. The lowest BCUT2D eigenvalue weighted by molar-refractivity contribution is 0.0839. The summed E-state index contributed by atoms with van der Waals surface area (Å²) in [5.41, 5.74) is 30.0. The van der Waals surface area contributed by atoms with Crippen LogP contribution in [0.3, 0.4) is 0 Å². The summed E-state index contributed by atoms with van der Waals surface area (Å²) in [5.74, 6) is 4.37. The van der Waals surface area contributed by atoms with Crippen LogP contribution in [-0.4, -0.2) is 19.5 Å². The summed E-state index contributed by atoms with van der Waals surface area (Å²) in [6.07, 6.45) is 17.5. The molecule has 0 aromatic heterocycles. The van der Waals surface area contributed by atoms with E-state index in [2.05, 4.69) is 307 Å². The first-order valence-corrected chi connectivity index (χ1v) is 39.4. The van der Waals surface area contributed by atoms with Crippen molar-refractivity contribution in [2.75, 3.05) is 19.6 Å². The molecule has 0 bridgehead atoms. The summed E-state index contributed by atoms with van der Waals surface area (Å²) in [7, 11) is 0. The van der Waals surface area contributed by atoms with Gasteiger partial charge < -0.3 is 24.3 Å². The predicted molar refractivity (Wildman–Crippen MR) is 433 cm³/mol. The van der Waals surface area contributed by atoms with Gasteiger partial charge in [0.1, 0.15) is 11.5 Å². The lowest BCUT2D eigenvalue weighted by Crippen LogP contribution is -2.65. The second-order valence-electron chi connectivity index (χ2n) is 32.1. The van der Waals surface area contributed by atoms with Crippen molar-refractivity contribution < 1.29 is 4.74 Å². The number of ether oxygens (including phenoxy) is 1. The molecule has 2 atom stereocenters. The van der Waals surface area contributed by atoms with Crippen molar-refractivity contribution in [3.8, 4) is 22.6 Å². The highest BCUT2D eigenvalue weighted by molar-refractivity contribution is 7.99. The number of rotatable bonds is 8. The molecule has 0 amide bonds. The Morgan fingerprint density at radius 3 is 1.47 bits per heavy atom. The Kier molecular flexibility index (Phi) is 14.5. The maximum atomic E-state index is 7.39. The fraction of sp³-hybridized carbons (Fsp3) is 0.242. The summed E-state index contributed by atoms with van der Waals surface area (Å²) < 4.78 is 7.39. The van der Waals surface area contributed by atoms with E-state index in [1.165, 1.54) is 199 Å². The normalized spacial score (nSPS) is 19.3. The Morgan fingerprint density at radius 1 is 0.379 bits per heavy atom. The molecule has 502 valence electrons. The van der Waals surface area contributed by atoms with Crippen LogP contribution in [0.1, 0.15) is 132 Å². The SMILES string of the molecule is CC(C)(C)c1cc2c3c(c1)N(C1C(C4CCCCC4)CCCC1C1CCCCC1)c1cc4c(cc1B3c1ccccc1N2c1ccccc1)C1(c2cc3c(cc2S4)N(c2ccccc2)c2cc(N(c4ccccc4)c4ccccc4)cc4c2B3c2ccccc2O4)c2ccccc2-c2ccccc21. The van der Waals surface area contributed by atoms with E-state index >= 15 is 0 Å². The molecule has 0 N–H and O–H groups in total. The molecule has 12 aromatic carbocycles. The zero-order valence-corrected chi connectivity index (χ0v) is 60.1. The van der Waals surface area contributed by atoms with Crippen LogP contribution in [0.5, 0.6) is 11.5 Å². The van der Waals surface area contributed by atoms with Crippen molar-refractivity contribution in [2.45, 2.75) is 131 Å². The standard InChI is InChI=1S/C95H84B2N4OS/c1-94(2,3)63-53-84-91-85(54-63)101(93-69(61-31-10-4-11-32-61)45-30-46-70(93)62-33-12-5-13-34-62)83-60-90-76(58-80(83)96(91)77-49-26-28-51-81(77)99(84)66-39-18-8-19-40-66)95(73-47-24-22-43-71(73)72-44-23-25-48-74(72)95)75-57-79-82(59-89(75)103-90)100(67-41-20-9-21-42-67)86-55-68(56-88-92(86)97(79)78-50-27-29-52-87(78)102-88)98(64-35-14-6-15-36-64)65-37-16-7-17-38-65/h6-9,14-29,35-44,47-62,69-70,93H,4-5,10-13,30-34,45-46H2,1-3H3. The molecule has 0 radical (unpaired) electrons. The average Bonchev–Trinajstić information content (AvgIpc) is 1.64. The van der Waals surface area contributed by atoms with Crippen molar-refractivity contribution in [3.05, 3.63) is 295 Å². The lowest BCUT2D eigenvalue weighted by atomic mass is 9.33. The van der Waals surface area contributed by atoms with Crippen LogP contribution in [0.4, 0.5) is 62.6 Å². The van der Waals surface area contributed by atoms with Gasteiger partial charge in [-0.15, -0.1) is 0 Å². The highest BCUT2D eigenvalue weighted by atomic mass is 32.2. The van der Waals surface area contributed by atoms with Gasteiger partial charge in [0.15, 0.2) is 0 Å². The summed E-state index contributed by atoms with van der Waals surface area (Å²) in [4.78, 5) is 13.5. The van der Waals surface area contributed by atoms with Crippen LogP contribution in [0.2, 0.25) is 0 Å². The van der Waals surface area contributed by atoms with Gasteiger partial charge >= 0.3 is 0 Å². The van der Waals surface area contributed by atoms with Crippen LogP contribution < -0.4 is 57.1 Å². The zero-order chi connectivity index (χ0) is 68.2. The largest absolute Gasteiger partial charge is 0.458 e. The third-order valence-electron chi connectivity index (χ3n) is 25.8. The molecule has 5 heterocycles. The first-order chi connectivity index (χ1) is 50.8. The number of benzene rings is 12. The molecule has 103 heavy (non-hydrogen) atoms. The van der Waals surface area contributed by atoms with E-state index in [1.807, 2.05) is 11.8 Å². The Balaban J connectivity index is 0.864. The highest BCUT2D eigenvalue weighted by Gasteiger charge is 2.56. The van der Waals surface area contributed by atoms with Crippen molar-refractivity contribution >= 4 is 121 Å². The first-order valence-electron chi connectivity index (χ1n) is 38.6. The van der Waals surface area contributed by atoms with Gasteiger partial charge in [0, 0.05) is 78.8 Å². The second-order valence-corrected chi connectivity index (χ2v) is 33.2. The molecular formula is C95H84B2N4OS. The zero-order valence-electron chi connectivity index (χ0n) is 59.2. The monoisotopic (exact) mass is 1350 g/mol. The summed E-state index contributed by atoms with van der Waals surface area (Å²) in [6.45, 7) is 7.19. The van der Waals surface area contributed by atoms with Crippen LogP contribution in [0.15, 0.2) is 277 Å². The van der Waals surface area contributed by atoms with Crippen LogP contribution in [0.25, 0.3) is 11.1 Å². The number of nitrogens with zero attached hydrogens (tertiary/aromatic N) is 4. The van der Waals surface area contributed by atoms with Crippen molar-refractivity contribution in [2.24, 2.45) is 23.7 Å². The van der Waals surface area contributed by atoms with E-state index in [0.29, 0.717) is 29.7 Å². The summed E-state index contributed by atoms with van der Waals surface area (Å²) in [5, 5.41) is 0. The maximum absolute atomic E-state index is 7.39. The summed E-state index contributed by atoms with van der Waals surface area (Å²) >= 11 is 2.04. The van der Waals surface area contributed by atoms with Gasteiger partial charge in [-0.1, -0.05) is 273 Å². The molecule has 3 saturated carbocycles. The molecule has 12 aromatic rings. The molecule has 1 spiro atoms. The Hall–Kier alpha value is -9.88. The van der Waals surface area contributed by atoms with Crippen LogP contribution in [-0.2, 0) is 10.8 Å². The molecule has 5 nitrogen and oxygen atoms in total. The van der Waals surface area contributed by atoms with E-state index in [1.54, 1.807) is 0 Å². The smallest absolute Gasteiger partial charge is 0.256 e. The molecular weight excluding hydrogens is 1270 g/mol. The van der Waals surface area contributed by atoms with Gasteiger partial charge in [-0.05, 0) is 205 Å². The molecule has 9 aliphatic rings. The van der Waals surface area contributed by atoms with Crippen LogP contribution >= 0.6 is 11.8 Å². The highest BCUT2D eigenvalue weighted by Crippen LogP contribution is 2.64. The second kappa shape index (κ2) is 24.1. The van der Waals surface area contributed by atoms with Gasteiger partial charge in [0.05, 0.1) is 11.1 Å². The molecule has 4 aliphatic carbocycles. The molecule has 0 saturated heterocycles. The molecule has 3 fully saturated rings. The third kappa shape index (κ3) is 9.40. The fourth-order valence-corrected chi connectivity index (χ4v) is 22.7. The van der Waals surface area contributed by atoms with Gasteiger partial charge in [-0.2, -0.15) is 0 Å². The number of anilines is 11.